The lowest BCUT2D eigenvalue weighted by Gasteiger charge is -2.36. The van der Waals surface area contributed by atoms with Crippen molar-refractivity contribution in [2.24, 2.45) is 0 Å². The minimum absolute atomic E-state index is 0.0548. The Bertz CT molecular complexity index is 1080. The summed E-state index contributed by atoms with van der Waals surface area (Å²) in [6.45, 7) is 6.22. The Morgan fingerprint density at radius 2 is 2.00 bits per heavy atom. The number of anilines is 1. The summed E-state index contributed by atoms with van der Waals surface area (Å²) in [6, 6.07) is 11.8. The van der Waals surface area contributed by atoms with Crippen LogP contribution in [0, 0.1) is 10.1 Å². The highest BCUT2D eigenvalue weighted by molar-refractivity contribution is 5.92. The fourth-order valence-corrected chi connectivity index (χ4v) is 3.67. The highest BCUT2D eigenvalue weighted by atomic mass is 16.6. The van der Waals surface area contributed by atoms with Crippen LogP contribution in [0.1, 0.15) is 17.4 Å². The normalized spacial score (nSPS) is 15.3. The van der Waals surface area contributed by atoms with E-state index < -0.39 is 4.92 Å². The van der Waals surface area contributed by atoms with Crippen molar-refractivity contribution in [3.05, 3.63) is 70.7 Å². The molecule has 0 bridgehead atoms. The predicted octanol–water partition coefficient (Wildman–Crippen LogP) is 1.51. The molecule has 1 fully saturated rings. The Hall–Kier alpha value is -3.86. The monoisotopic (exact) mass is 436 g/mol. The summed E-state index contributed by atoms with van der Waals surface area (Å²) in [5, 5.41) is 21.8. The number of carbonyl (C=O) groups excluding carboxylic acids is 1. The number of nitrogens with zero attached hydrogens (tertiary/aromatic N) is 7. The Balaban J connectivity index is 1.29. The average Bonchev–Trinajstić information content (AvgIpc) is 3.31. The molecule has 1 unspecified atom stereocenters. The molecule has 3 aromatic rings. The van der Waals surface area contributed by atoms with Crippen LogP contribution in [0.3, 0.4) is 0 Å². The number of piperazine rings is 1. The third-order valence-electron chi connectivity index (χ3n) is 5.29. The first-order valence-electron chi connectivity index (χ1n) is 10.4. The number of benzene rings is 1. The molecule has 11 heteroatoms. The van der Waals surface area contributed by atoms with Crippen molar-refractivity contribution in [2.75, 3.05) is 37.6 Å². The number of pyridine rings is 1. The summed E-state index contributed by atoms with van der Waals surface area (Å²) in [7, 11) is 0. The van der Waals surface area contributed by atoms with Gasteiger partial charge >= 0.3 is 0 Å². The number of carbonyl (C=O) groups is 1. The van der Waals surface area contributed by atoms with Crippen molar-refractivity contribution in [3.8, 4) is 5.69 Å². The van der Waals surface area contributed by atoms with Crippen molar-refractivity contribution in [1.82, 2.24) is 30.2 Å². The van der Waals surface area contributed by atoms with E-state index in [1.807, 2.05) is 25.1 Å². The fraction of sp³-hybridized carbons (Fsp3) is 0.333. The summed E-state index contributed by atoms with van der Waals surface area (Å²) < 4.78 is 1.35. The van der Waals surface area contributed by atoms with Gasteiger partial charge in [0, 0.05) is 57.1 Å². The molecular formula is C21H24N8O3. The molecule has 0 radical (unpaired) electrons. The molecule has 1 aliphatic rings. The van der Waals surface area contributed by atoms with Crippen LogP contribution in [0.4, 0.5) is 11.5 Å². The van der Waals surface area contributed by atoms with Gasteiger partial charge < -0.3 is 10.2 Å². The first-order valence-corrected chi connectivity index (χ1v) is 10.4. The molecule has 0 aliphatic carbocycles. The van der Waals surface area contributed by atoms with Gasteiger partial charge in [-0.2, -0.15) is 0 Å². The highest BCUT2D eigenvalue weighted by Gasteiger charge is 2.21. The number of rotatable bonds is 7. The van der Waals surface area contributed by atoms with Gasteiger partial charge in [0.1, 0.15) is 5.82 Å². The minimum Gasteiger partial charge on any atom is -0.354 e. The van der Waals surface area contributed by atoms with Crippen molar-refractivity contribution in [2.45, 2.75) is 13.0 Å². The molecule has 1 atom stereocenters. The van der Waals surface area contributed by atoms with Crippen molar-refractivity contribution in [3.63, 3.8) is 0 Å². The molecule has 1 aliphatic heterocycles. The van der Waals surface area contributed by atoms with Crippen molar-refractivity contribution >= 4 is 17.4 Å². The third kappa shape index (κ3) is 5.06. The zero-order valence-corrected chi connectivity index (χ0v) is 17.7. The average molecular weight is 436 g/mol. The van der Waals surface area contributed by atoms with Crippen LogP contribution in [-0.2, 0) is 0 Å². The Morgan fingerprint density at radius 3 is 2.72 bits per heavy atom. The molecule has 1 amide bonds. The molecule has 2 aromatic heterocycles. The predicted molar refractivity (Wildman–Crippen MR) is 118 cm³/mol. The number of nitro groups is 1. The standard InChI is InChI=1S/C21H24N8O3/c1-16(14-26-9-11-27(12-10-26)20-7-2-3-8-22-20)23-21(30)19-15-28(25-24-19)17-5-4-6-18(13-17)29(31)32/h2-8,13,15-16H,9-12,14H2,1H3,(H,23,30). The van der Waals surface area contributed by atoms with Crippen LogP contribution in [0.2, 0.25) is 0 Å². The Labute approximate surface area is 184 Å². The van der Waals surface area contributed by atoms with Crippen LogP contribution >= 0.6 is 0 Å². The van der Waals surface area contributed by atoms with Crippen molar-refractivity contribution in [1.29, 1.82) is 0 Å². The van der Waals surface area contributed by atoms with E-state index in [1.165, 1.54) is 23.0 Å². The minimum atomic E-state index is -0.480. The van der Waals surface area contributed by atoms with Crippen molar-refractivity contribution < 1.29 is 9.72 Å². The number of hydrogen-bond acceptors (Lipinski definition) is 8. The Kier molecular flexibility index (Phi) is 6.36. The van der Waals surface area contributed by atoms with Crippen LogP contribution in [0.5, 0.6) is 0 Å². The fourth-order valence-electron chi connectivity index (χ4n) is 3.67. The second-order valence-corrected chi connectivity index (χ2v) is 7.68. The summed E-state index contributed by atoms with van der Waals surface area (Å²) >= 11 is 0. The molecule has 0 spiro atoms. The maximum Gasteiger partial charge on any atom is 0.273 e. The van der Waals surface area contributed by atoms with E-state index in [0.29, 0.717) is 5.69 Å². The lowest BCUT2D eigenvalue weighted by atomic mass is 10.2. The van der Waals surface area contributed by atoms with E-state index in [4.69, 9.17) is 0 Å². The van der Waals surface area contributed by atoms with E-state index in [-0.39, 0.29) is 23.3 Å². The number of nitro benzene ring substituents is 1. The SMILES string of the molecule is CC(CN1CCN(c2ccccn2)CC1)NC(=O)c1cn(-c2cccc([N+](=O)[O-])c2)nn1. The summed E-state index contributed by atoms with van der Waals surface area (Å²) in [5.74, 6) is 0.654. The van der Waals surface area contributed by atoms with Gasteiger partial charge in [-0.05, 0) is 25.1 Å². The molecule has 3 heterocycles. The van der Waals surface area contributed by atoms with Gasteiger partial charge in [0.15, 0.2) is 5.69 Å². The van der Waals surface area contributed by atoms with Gasteiger partial charge in [-0.15, -0.1) is 5.10 Å². The van der Waals surface area contributed by atoms with E-state index in [2.05, 4.69) is 30.4 Å². The number of hydrogen-bond donors (Lipinski definition) is 1. The second-order valence-electron chi connectivity index (χ2n) is 7.68. The molecule has 166 valence electrons. The summed E-state index contributed by atoms with van der Waals surface area (Å²) in [5.41, 5.74) is 0.564. The number of aromatic nitrogens is 4. The first kappa shape index (κ1) is 21.4. The quantitative estimate of drug-likeness (QED) is 0.437. The van der Waals surface area contributed by atoms with Gasteiger partial charge in [0.05, 0.1) is 16.8 Å². The molecule has 1 saturated heterocycles. The molecule has 1 N–H and O–H groups in total. The van der Waals surface area contributed by atoms with Gasteiger partial charge in [-0.25, -0.2) is 9.67 Å². The van der Waals surface area contributed by atoms with Crippen LogP contribution in [0.25, 0.3) is 5.69 Å². The lowest BCUT2D eigenvalue weighted by Crippen LogP contribution is -2.51. The second kappa shape index (κ2) is 9.52. The zero-order chi connectivity index (χ0) is 22.5. The lowest BCUT2D eigenvalue weighted by molar-refractivity contribution is -0.384. The Morgan fingerprint density at radius 1 is 1.19 bits per heavy atom. The smallest absolute Gasteiger partial charge is 0.273 e. The largest absolute Gasteiger partial charge is 0.354 e. The topological polar surface area (TPSA) is 122 Å². The van der Waals surface area contributed by atoms with Gasteiger partial charge in [-0.3, -0.25) is 19.8 Å². The van der Waals surface area contributed by atoms with E-state index >= 15 is 0 Å². The van der Waals surface area contributed by atoms with E-state index in [1.54, 1.807) is 18.3 Å². The first-order chi connectivity index (χ1) is 15.5. The molecule has 1 aromatic carbocycles. The number of amides is 1. The van der Waals surface area contributed by atoms with Crippen LogP contribution in [-0.4, -0.2) is 74.5 Å². The van der Waals surface area contributed by atoms with Crippen LogP contribution < -0.4 is 10.2 Å². The summed E-state index contributed by atoms with van der Waals surface area (Å²) in [6.07, 6.45) is 3.27. The van der Waals surface area contributed by atoms with E-state index in [9.17, 15) is 14.9 Å². The van der Waals surface area contributed by atoms with Gasteiger partial charge in [-0.1, -0.05) is 17.3 Å². The molecule has 0 saturated carbocycles. The summed E-state index contributed by atoms with van der Waals surface area (Å²) in [4.78, 5) is 32.0. The molecule has 11 nitrogen and oxygen atoms in total. The highest BCUT2D eigenvalue weighted by Crippen LogP contribution is 2.16. The number of nitrogens with one attached hydrogen (secondary N) is 1. The molecule has 4 rings (SSSR count). The zero-order valence-electron chi connectivity index (χ0n) is 17.7. The van der Waals surface area contributed by atoms with E-state index in [0.717, 1.165) is 38.5 Å². The van der Waals surface area contributed by atoms with Crippen LogP contribution in [0.15, 0.2) is 54.9 Å². The van der Waals surface area contributed by atoms with Gasteiger partial charge in [0.2, 0.25) is 0 Å². The third-order valence-corrected chi connectivity index (χ3v) is 5.29. The number of non-ortho nitro benzene ring substituents is 1. The molecule has 32 heavy (non-hydrogen) atoms. The van der Waals surface area contributed by atoms with Gasteiger partial charge in [0.25, 0.3) is 11.6 Å². The maximum atomic E-state index is 12.6. The molecular weight excluding hydrogens is 412 g/mol. The maximum absolute atomic E-state index is 12.6.